The molecule has 40 heavy (non-hydrogen) atoms. The monoisotopic (exact) mass is 548 g/mol. The van der Waals surface area contributed by atoms with E-state index in [1.165, 1.54) is 0 Å². The molecule has 214 valence electrons. The first-order valence-electron chi connectivity index (χ1n) is 14.5. The van der Waals surface area contributed by atoms with E-state index in [0.717, 1.165) is 64.5 Å². The van der Waals surface area contributed by atoms with E-state index in [0.29, 0.717) is 35.5 Å². The molecule has 0 spiro atoms. The SMILES string of the molecule is CC1CN1C(=O)c1ccccc1C(=O)OCCCCCCCCCCOC(=O)c1ccccc1C(=O)N1CC1C. The number of unbranched alkanes of at least 4 members (excludes halogenated alkanes) is 7. The number of hydrogen-bond acceptors (Lipinski definition) is 6. The molecule has 2 unspecified atom stereocenters. The Morgan fingerprint density at radius 3 is 1.20 bits per heavy atom. The fourth-order valence-electron chi connectivity index (χ4n) is 4.80. The lowest BCUT2D eigenvalue weighted by Crippen LogP contribution is -2.18. The number of carbonyl (C=O) groups excluding carboxylic acids is 4. The van der Waals surface area contributed by atoms with Crippen LogP contribution in [0.15, 0.2) is 48.5 Å². The Morgan fingerprint density at radius 2 is 0.875 bits per heavy atom. The fourth-order valence-corrected chi connectivity index (χ4v) is 4.80. The Bertz CT molecular complexity index is 1120. The van der Waals surface area contributed by atoms with Crippen LogP contribution in [0.4, 0.5) is 0 Å². The van der Waals surface area contributed by atoms with Crippen LogP contribution in [0, 0.1) is 0 Å². The summed E-state index contributed by atoms with van der Waals surface area (Å²) in [7, 11) is 0. The lowest BCUT2D eigenvalue weighted by atomic mass is 10.1. The van der Waals surface area contributed by atoms with Crippen molar-refractivity contribution in [1.82, 2.24) is 9.80 Å². The van der Waals surface area contributed by atoms with E-state index in [-0.39, 0.29) is 23.9 Å². The van der Waals surface area contributed by atoms with Crippen LogP contribution >= 0.6 is 0 Å². The van der Waals surface area contributed by atoms with Gasteiger partial charge in [-0.15, -0.1) is 0 Å². The van der Waals surface area contributed by atoms with Gasteiger partial charge in [-0.25, -0.2) is 9.59 Å². The number of rotatable bonds is 15. The van der Waals surface area contributed by atoms with Gasteiger partial charge in [0.1, 0.15) is 0 Å². The number of ether oxygens (including phenoxy) is 2. The molecule has 2 amide bonds. The predicted molar refractivity (Wildman–Crippen MR) is 151 cm³/mol. The molecule has 0 bridgehead atoms. The van der Waals surface area contributed by atoms with Crippen LogP contribution < -0.4 is 0 Å². The van der Waals surface area contributed by atoms with Crippen LogP contribution in [0.5, 0.6) is 0 Å². The number of hydrogen-bond donors (Lipinski definition) is 0. The highest BCUT2D eigenvalue weighted by Gasteiger charge is 2.37. The quantitative estimate of drug-likeness (QED) is 0.166. The first-order chi connectivity index (χ1) is 19.4. The minimum Gasteiger partial charge on any atom is -0.462 e. The van der Waals surface area contributed by atoms with Gasteiger partial charge in [0.05, 0.1) is 35.5 Å². The van der Waals surface area contributed by atoms with Crippen LogP contribution in [0.25, 0.3) is 0 Å². The molecule has 0 radical (unpaired) electrons. The molecule has 2 atom stereocenters. The topological polar surface area (TPSA) is 92.8 Å². The van der Waals surface area contributed by atoms with E-state index < -0.39 is 11.9 Å². The number of carbonyl (C=O) groups is 4. The average molecular weight is 549 g/mol. The predicted octanol–water partition coefficient (Wildman–Crippen LogP) is 5.51. The summed E-state index contributed by atoms with van der Waals surface area (Å²) in [6.45, 7) is 6.12. The molecule has 2 aromatic carbocycles. The maximum Gasteiger partial charge on any atom is 0.338 e. The zero-order valence-electron chi connectivity index (χ0n) is 23.6. The second kappa shape index (κ2) is 14.1. The van der Waals surface area contributed by atoms with Gasteiger partial charge in [-0.2, -0.15) is 0 Å². The summed E-state index contributed by atoms with van der Waals surface area (Å²) in [5, 5.41) is 0. The van der Waals surface area contributed by atoms with Crippen molar-refractivity contribution in [2.45, 2.75) is 77.3 Å². The molecule has 0 N–H and O–H groups in total. The molecule has 2 aliphatic rings. The van der Waals surface area contributed by atoms with Crippen molar-refractivity contribution in [2.24, 2.45) is 0 Å². The standard InChI is InChI=1S/C32H40N2O6/c1-23-21-33(23)29(35)25-15-9-11-17-27(25)31(37)39-19-13-7-5-3-4-6-8-14-20-40-32(38)28-18-12-10-16-26(28)30(36)34-22-24(34)2/h9-12,15-18,23-24H,3-8,13-14,19-22H2,1-2H3. The minimum atomic E-state index is -0.440. The Morgan fingerprint density at radius 1 is 0.575 bits per heavy atom. The van der Waals surface area contributed by atoms with Crippen molar-refractivity contribution in [3.05, 3.63) is 70.8 Å². The first kappa shape index (κ1) is 29.3. The molecule has 0 aromatic heterocycles. The van der Waals surface area contributed by atoms with Crippen LogP contribution in [-0.2, 0) is 9.47 Å². The van der Waals surface area contributed by atoms with E-state index in [2.05, 4.69) is 0 Å². The number of nitrogens with zero attached hydrogens (tertiary/aromatic N) is 2. The molecule has 4 rings (SSSR count). The van der Waals surface area contributed by atoms with Crippen molar-refractivity contribution in [3.8, 4) is 0 Å². The van der Waals surface area contributed by atoms with E-state index in [4.69, 9.17) is 9.47 Å². The van der Waals surface area contributed by atoms with Crippen molar-refractivity contribution in [2.75, 3.05) is 26.3 Å². The Balaban J connectivity index is 1.02. The zero-order chi connectivity index (χ0) is 28.5. The van der Waals surface area contributed by atoms with Crippen molar-refractivity contribution in [3.63, 3.8) is 0 Å². The number of amides is 2. The van der Waals surface area contributed by atoms with Crippen LogP contribution in [0.3, 0.4) is 0 Å². The molecule has 2 aliphatic heterocycles. The summed E-state index contributed by atoms with van der Waals surface area (Å²) in [6, 6.07) is 14.2. The molecular weight excluding hydrogens is 508 g/mol. The second-order valence-corrected chi connectivity index (χ2v) is 10.8. The summed E-state index contributed by atoms with van der Waals surface area (Å²) in [5.41, 5.74) is 1.49. The van der Waals surface area contributed by atoms with E-state index >= 15 is 0 Å². The Labute approximate surface area is 236 Å². The van der Waals surface area contributed by atoms with Gasteiger partial charge in [0, 0.05) is 25.2 Å². The first-order valence-corrected chi connectivity index (χ1v) is 14.5. The van der Waals surface area contributed by atoms with E-state index in [9.17, 15) is 19.2 Å². The lowest BCUT2D eigenvalue weighted by Gasteiger charge is -2.10. The van der Waals surface area contributed by atoms with Gasteiger partial charge in [-0.3, -0.25) is 9.59 Å². The molecule has 0 saturated carbocycles. The molecule has 2 saturated heterocycles. The summed E-state index contributed by atoms with van der Waals surface area (Å²) < 4.78 is 10.9. The minimum absolute atomic E-state index is 0.114. The van der Waals surface area contributed by atoms with Crippen molar-refractivity contribution >= 4 is 23.8 Å². The third kappa shape index (κ3) is 7.93. The molecule has 2 heterocycles. The highest BCUT2D eigenvalue weighted by molar-refractivity contribution is 6.07. The number of esters is 2. The summed E-state index contributed by atoms with van der Waals surface area (Å²) >= 11 is 0. The largest absolute Gasteiger partial charge is 0.462 e. The molecule has 2 aromatic rings. The maximum atomic E-state index is 12.5. The van der Waals surface area contributed by atoms with E-state index in [1.54, 1.807) is 58.3 Å². The molecule has 0 aliphatic carbocycles. The average Bonchev–Trinajstić information content (AvgIpc) is 3.89. The number of benzene rings is 2. The fraction of sp³-hybridized carbons (Fsp3) is 0.500. The second-order valence-electron chi connectivity index (χ2n) is 10.8. The summed E-state index contributed by atoms with van der Waals surface area (Å²) in [5.74, 6) is -1.11. The third-order valence-electron chi connectivity index (χ3n) is 7.50. The lowest BCUT2D eigenvalue weighted by molar-refractivity contribution is 0.0484. The van der Waals surface area contributed by atoms with Gasteiger partial charge in [0.2, 0.25) is 0 Å². The van der Waals surface area contributed by atoms with Gasteiger partial charge in [0.15, 0.2) is 0 Å². The molecular formula is C32H40N2O6. The van der Waals surface area contributed by atoms with E-state index in [1.807, 2.05) is 13.8 Å². The molecule has 2 fully saturated rings. The van der Waals surface area contributed by atoms with Gasteiger partial charge in [-0.05, 0) is 51.0 Å². The van der Waals surface area contributed by atoms with Gasteiger partial charge in [0.25, 0.3) is 11.8 Å². The van der Waals surface area contributed by atoms with Crippen LogP contribution in [0.2, 0.25) is 0 Å². The zero-order valence-corrected chi connectivity index (χ0v) is 23.6. The summed E-state index contributed by atoms with van der Waals surface area (Å²) in [6.07, 6.45) is 7.87. The van der Waals surface area contributed by atoms with Crippen molar-refractivity contribution < 1.29 is 28.7 Å². The smallest absolute Gasteiger partial charge is 0.338 e. The van der Waals surface area contributed by atoms with Crippen LogP contribution in [-0.4, -0.2) is 71.9 Å². The Kier molecular flexibility index (Phi) is 10.3. The van der Waals surface area contributed by atoms with Crippen LogP contribution in [0.1, 0.15) is 107 Å². The van der Waals surface area contributed by atoms with Crippen molar-refractivity contribution in [1.29, 1.82) is 0 Å². The molecule has 8 nitrogen and oxygen atoms in total. The normalized spacial score (nSPS) is 17.4. The molecule has 8 heteroatoms. The Hall–Kier alpha value is -3.68. The summed E-state index contributed by atoms with van der Waals surface area (Å²) in [4.78, 5) is 53.6. The van der Waals surface area contributed by atoms with Gasteiger partial charge in [-0.1, -0.05) is 62.8 Å². The highest BCUT2D eigenvalue weighted by Crippen LogP contribution is 2.24. The highest BCUT2D eigenvalue weighted by atomic mass is 16.5. The maximum absolute atomic E-state index is 12.5. The third-order valence-corrected chi connectivity index (χ3v) is 7.50. The van der Waals surface area contributed by atoms with Gasteiger partial charge < -0.3 is 19.3 Å². The van der Waals surface area contributed by atoms with Gasteiger partial charge >= 0.3 is 11.9 Å².